The molecule has 0 radical (unpaired) electrons. The molecule has 0 unspecified atom stereocenters. The standard InChI is InChI=1S/C9H17NO3/c1-4-8(13)10(3)5-9(2,6-11)7-12/h4,11-12H,1,5-7H2,2-3H3. The number of rotatable bonds is 5. The molecular weight excluding hydrogens is 170 g/mol. The van der Waals surface area contributed by atoms with E-state index in [2.05, 4.69) is 6.58 Å². The number of amides is 1. The zero-order valence-electron chi connectivity index (χ0n) is 8.16. The van der Waals surface area contributed by atoms with Gasteiger partial charge in [-0.25, -0.2) is 0 Å². The lowest BCUT2D eigenvalue weighted by Gasteiger charge is -2.29. The first-order valence-electron chi connectivity index (χ1n) is 4.08. The van der Waals surface area contributed by atoms with Gasteiger partial charge in [-0.2, -0.15) is 0 Å². The van der Waals surface area contributed by atoms with Crippen molar-refractivity contribution in [1.29, 1.82) is 0 Å². The van der Waals surface area contributed by atoms with Crippen LogP contribution in [0.5, 0.6) is 0 Å². The number of nitrogens with zero attached hydrogens (tertiary/aromatic N) is 1. The molecule has 0 saturated carbocycles. The summed E-state index contributed by atoms with van der Waals surface area (Å²) in [6, 6.07) is 0. The second kappa shape index (κ2) is 4.99. The van der Waals surface area contributed by atoms with Gasteiger partial charge in [0.1, 0.15) is 0 Å². The van der Waals surface area contributed by atoms with Crippen LogP contribution in [0.25, 0.3) is 0 Å². The molecule has 4 heteroatoms. The molecule has 0 aromatic heterocycles. The molecule has 0 aliphatic carbocycles. The molecule has 0 heterocycles. The van der Waals surface area contributed by atoms with Crippen molar-refractivity contribution < 1.29 is 15.0 Å². The van der Waals surface area contributed by atoms with Crippen LogP contribution in [0.2, 0.25) is 0 Å². The summed E-state index contributed by atoms with van der Waals surface area (Å²) in [7, 11) is 1.60. The van der Waals surface area contributed by atoms with E-state index in [1.165, 1.54) is 11.0 Å². The molecule has 0 atom stereocenters. The number of carbonyl (C=O) groups is 1. The normalized spacial score (nSPS) is 11.1. The van der Waals surface area contributed by atoms with Crippen LogP contribution < -0.4 is 0 Å². The van der Waals surface area contributed by atoms with Crippen LogP contribution in [-0.4, -0.2) is 47.8 Å². The van der Waals surface area contributed by atoms with Gasteiger partial charge < -0.3 is 15.1 Å². The Hall–Kier alpha value is -0.870. The van der Waals surface area contributed by atoms with Gasteiger partial charge in [-0.1, -0.05) is 13.5 Å². The molecule has 0 rings (SSSR count). The first kappa shape index (κ1) is 12.1. The predicted molar refractivity (Wildman–Crippen MR) is 50.1 cm³/mol. The van der Waals surface area contributed by atoms with Gasteiger partial charge in [0, 0.05) is 19.0 Å². The van der Waals surface area contributed by atoms with Crippen LogP contribution in [0, 0.1) is 5.41 Å². The zero-order valence-corrected chi connectivity index (χ0v) is 8.16. The topological polar surface area (TPSA) is 60.8 Å². The van der Waals surface area contributed by atoms with Crippen molar-refractivity contribution >= 4 is 5.91 Å². The predicted octanol–water partition coefficient (Wildman–Crippen LogP) is -0.378. The number of hydrogen-bond donors (Lipinski definition) is 2. The van der Waals surface area contributed by atoms with E-state index in [4.69, 9.17) is 10.2 Å². The van der Waals surface area contributed by atoms with Crippen LogP contribution in [0.15, 0.2) is 12.7 Å². The molecule has 0 bridgehead atoms. The van der Waals surface area contributed by atoms with Crippen molar-refractivity contribution in [2.24, 2.45) is 5.41 Å². The molecule has 0 aromatic rings. The minimum atomic E-state index is -0.645. The van der Waals surface area contributed by atoms with Crippen LogP contribution >= 0.6 is 0 Å². The molecular formula is C9H17NO3. The Morgan fingerprint density at radius 2 is 2.00 bits per heavy atom. The lowest BCUT2D eigenvalue weighted by Crippen LogP contribution is -2.41. The number of hydrogen-bond acceptors (Lipinski definition) is 3. The number of carbonyl (C=O) groups excluding carboxylic acids is 1. The average Bonchev–Trinajstić information content (AvgIpc) is 2.16. The first-order chi connectivity index (χ1) is 5.99. The molecule has 0 aliphatic heterocycles. The van der Waals surface area contributed by atoms with E-state index in [9.17, 15) is 4.79 Å². The third-order valence-corrected chi connectivity index (χ3v) is 1.93. The van der Waals surface area contributed by atoms with E-state index in [0.29, 0.717) is 6.54 Å². The lowest BCUT2D eigenvalue weighted by molar-refractivity contribution is -0.126. The number of likely N-dealkylation sites (N-methyl/N-ethyl adjacent to an activating group) is 1. The Morgan fingerprint density at radius 1 is 1.54 bits per heavy atom. The second-order valence-electron chi connectivity index (χ2n) is 3.53. The highest BCUT2D eigenvalue weighted by atomic mass is 16.3. The third-order valence-electron chi connectivity index (χ3n) is 1.93. The van der Waals surface area contributed by atoms with Crippen molar-refractivity contribution in [2.45, 2.75) is 6.92 Å². The third kappa shape index (κ3) is 3.57. The molecule has 0 saturated heterocycles. The second-order valence-corrected chi connectivity index (χ2v) is 3.53. The fourth-order valence-electron chi connectivity index (χ4n) is 0.956. The van der Waals surface area contributed by atoms with Gasteiger partial charge in [0.05, 0.1) is 13.2 Å². The summed E-state index contributed by atoms with van der Waals surface area (Å²) in [6.45, 7) is 5.06. The zero-order chi connectivity index (χ0) is 10.5. The highest BCUT2D eigenvalue weighted by Crippen LogP contribution is 2.15. The minimum Gasteiger partial charge on any atom is -0.396 e. The smallest absolute Gasteiger partial charge is 0.245 e. The summed E-state index contributed by atoms with van der Waals surface area (Å²) in [5.74, 6) is -0.215. The van der Waals surface area contributed by atoms with Gasteiger partial charge in [-0.05, 0) is 6.08 Å². The van der Waals surface area contributed by atoms with Gasteiger partial charge in [0.2, 0.25) is 5.91 Å². The molecule has 0 spiro atoms. The summed E-state index contributed by atoms with van der Waals surface area (Å²) < 4.78 is 0. The van der Waals surface area contributed by atoms with Crippen LogP contribution in [0.3, 0.4) is 0 Å². The molecule has 0 aliphatic rings. The quantitative estimate of drug-likeness (QED) is 0.577. The van der Waals surface area contributed by atoms with Gasteiger partial charge in [-0.15, -0.1) is 0 Å². The number of aliphatic hydroxyl groups excluding tert-OH is 2. The van der Waals surface area contributed by atoms with Crippen LogP contribution in [0.4, 0.5) is 0 Å². The maximum atomic E-state index is 11.1. The van der Waals surface area contributed by atoms with Crippen molar-refractivity contribution in [2.75, 3.05) is 26.8 Å². The van der Waals surface area contributed by atoms with Crippen molar-refractivity contribution in [1.82, 2.24) is 4.90 Å². The highest BCUT2D eigenvalue weighted by molar-refractivity contribution is 5.86. The summed E-state index contributed by atoms with van der Waals surface area (Å²) in [5.41, 5.74) is -0.645. The van der Waals surface area contributed by atoms with Crippen LogP contribution in [0.1, 0.15) is 6.92 Å². The Bertz CT molecular complexity index is 187. The number of aliphatic hydroxyl groups is 2. The van der Waals surface area contributed by atoms with E-state index in [0.717, 1.165) is 0 Å². The van der Waals surface area contributed by atoms with E-state index >= 15 is 0 Å². The van der Waals surface area contributed by atoms with Gasteiger partial charge >= 0.3 is 0 Å². The molecule has 2 N–H and O–H groups in total. The summed E-state index contributed by atoms with van der Waals surface area (Å²) in [4.78, 5) is 12.5. The summed E-state index contributed by atoms with van der Waals surface area (Å²) in [6.07, 6.45) is 1.20. The Morgan fingerprint density at radius 3 is 2.31 bits per heavy atom. The Balaban J connectivity index is 4.24. The molecule has 0 aromatic carbocycles. The molecule has 13 heavy (non-hydrogen) atoms. The maximum absolute atomic E-state index is 11.1. The van der Waals surface area contributed by atoms with E-state index in [1.807, 2.05) is 0 Å². The van der Waals surface area contributed by atoms with Gasteiger partial charge in [0.25, 0.3) is 0 Å². The maximum Gasteiger partial charge on any atom is 0.245 e. The van der Waals surface area contributed by atoms with Crippen molar-refractivity contribution in [3.63, 3.8) is 0 Å². The summed E-state index contributed by atoms with van der Waals surface area (Å²) >= 11 is 0. The SMILES string of the molecule is C=CC(=O)N(C)CC(C)(CO)CO. The van der Waals surface area contributed by atoms with Crippen molar-refractivity contribution in [3.05, 3.63) is 12.7 Å². The molecule has 0 fully saturated rings. The minimum absolute atomic E-state index is 0.155. The van der Waals surface area contributed by atoms with Crippen LogP contribution in [-0.2, 0) is 4.79 Å². The van der Waals surface area contributed by atoms with E-state index < -0.39 is 5.41 Å². The molecule has 76 valence electrons. The largest absolute Gasteiger partial charge is 0.396 e. The lowest BCUT2D eigenvalue weighted by atomic mass is 9.92. The first-order valence-corrected chi connectivity index (χ1v) is 4.08. The van der Waals surface area contributed by atoms with Gasteiger partial charge in [-0.3, -0.25) is 4.79 Å². The fraction of sp³-hybridized carbons (Fsp3) is 0.667. The van der Waals surface area contributed by atoms with Crippen molar-refractivity contribution in [3.8, 4) is 0 Å². The average molecular weight is 187 g/mol. The summed E-state index contributed by atoms with van der Waals surface area (Å²) in [5, 5.41) is 17.9. The molecule has 4 nitrogen and oxygen atoms in total. The monoisotopic (exact) mass is 187 g/mol. The van der Waals surface area contributed by atoms with Gasteiger partial charge in [0.15, 0.2) is 0 Å². The molecule has 1 amide bonds. The van der Waals surface area contributed by atoms with E-state index in [-0.39, 0.29) is 19.1 Å². The fourth-order valence-corrected chi connectivity index (χ4v) is 0.956. The highest BCUT2D eigenvalue weighted by Gasteiger charge is 2.25. The Labute approximate surface area is 78.5 Å². The Kier molecular flexibility index (Phi) is 4.66. The van der Waals surface area contributed by atoms with E-state index in [1.54, 1.807) is 14.0 Å².